The van der Waals surface area contributed by atoms with Gasteiger partial charge in [-0.2, -0.15) is 0 Å². The number of likely N-dealkylation sites (N-methyl/N-ethyl adjacent to an activating group) is 1. The van der Waals surface area contributed by atoms with Crippen LogP contribution in [0.4, 0.5) is 0 Å². The molecule has 0 spiro atoms. The molecule has 0 heterocycles. The van der Waals surface area contributed by atoms with Gasteiger partial charge in [-0.05, 0) is 63.9 Å². The monoisotopic (exact) mass is 1040 g/mol. The van der Waals surface area contributed by atoms with Gasteiger partial charge >= 0.3 is 13.8 Å². The third-order valence-electron chi connectivity index (χ3n) is 13.8. The summed E-state index contributed by atoms with van der Waals surface area (Å²) in [6.07, 6.45) is 62.8. The molecule has 0 saturated heterocycles. The van der Waals surface area contributed by atoms with Gasteiger partial charge in [-0.15, -0.1) is 0 Å². The Balaban J connectivity index is 5.10. The Kier molecular flexibility index (Phi) is 51.4. The zero-order valence-electron chi connectivity index (χ0n) is 48.4. The fourth-order valence-corrected chi connectivity index (χ4v) is 9.77. The van der Waals surface area contributed by atoms with Gasteiger partial charge < -0.3 is 19.4 Å². The molecule has 72 heavy (non-hydrogen) atoms. The molecule has 0 saturated carbocycles. The molecule has 424 valence electrons. The van der Waals surface area contributed by atoms with Crippen molar-refractivity contribution in [1.82, 2.24) is 5.32 Å². The van der Waals surface area contributed by atoms with Crippen LogP contribution in [0.25, 0.3) is 0 Å². The maximum atomic E-state index is 13.5. The first kappa shape index (κ1) is 70.2. The second-order valence-corrected chi connectivity index (χ2v) is 23.7. The number of ether oxygens (including phenoxy) is 1. The minimum Gasteiger partial charge on any atom is -0.456 e. The van der Waals surface area contributed by atoms with Crippen LogP contribution in [0.3, 0.4) is 0 Å². The molecule has 9 nitrogen and oxygen atoms in total. The average Bonchev–Trinajstić information content (AvgIpc) is 3.34. The molecule has 0 aliphatic carbocycles. The number of amides is 1. The molecule has 0 rings (SSSR count). The summed E-state index contributed by atoms with van der Waals surface area (Å²) >= 11 is 0. The van der Waals surface area contributed by atoms with Crippen molar-refractivity contribution in [3.8, 4) is 0 Å². The zero-order chi connectivity index (χ0) is 52.9. The number of nitrogens with zero attached hydrogens (tertiary/aromatic N) is 1. The van der Waals surface area contributed by atoms with Crippen molar-refractivity contribution >= 4 is 19.7 Å². The third kappa shape index (κ3) is 53.1. The lowest BCUT2D eigenvalue weighted by atomic mass is 10.0. The Morgan fingerprint density at radius 2 is 0.847 bits per heavy atom. The number of quaternary nitrogens is 1. The Bertz CT molecular complexity index is 1330. The lowest BCUT2D eigenvalue weighted by Crippen LogP contribution is -2.47. The smallest absolute Gasteiger partial charge is 0.456 e. The van der Waals surface area contributed by atoms with E-state index in [2.05, 4.69) is 50.4 Å². The van der Waals surface area contributed by atoms with Gasteiger partial charge in [0.2, 0.25) is 5.91 Å². The highest BCUT2D eigenvalue weighted by atomic mass is 31.2. The van der Waals surface area contributed by atoms with Crippen LogP contribution in [-0.2, 0) is 27.9 Å². The molecular formula is C62H120N2O7P+. The molecule has 1 amide bonds. The SMILES string of the molecule is CCCCC/C=C\C/C=C\CCCCCCCCCCCCCCCC(=O)NC(COP(=O)(O)OCC[N+](C)(C)C)C(/C=C\CCCCCCCCCCCC)OC(=O)CCCCCCCCCCCCC. The van der Waals surface area contributed by atoms with E-state index < -0.39 is 20.0 Å². The first-order valence-electron chi connectivity index (χ1n) is 30.8. The third-order valence-corrected chi connectivity index (χ3v) is 14.8. The largest absolute Gasteiger partial charge is 0.472 e. The molecule has 0 bridgehead atoms. The highest BCUT2D eigenvalue weighted by Gasteiger charge is 2.30. The van der Waals surface area contributed by atoms with Gasteiger partial charge in [-0.1, -0.05) is 257 Å². The van der Waals surface area contributed by atoms with Crippen molar-refractivity contribution in [3.05, 3.63) is 36.5 Å². The number of unbranched alkanes of at least 4 members (excludes halogenated alkanes) is 36. The quantitative estimate of drug-likeness (QED) is 0.0205. The molecule has 0 aromatic heterocycles. The van der Waals surface area contributed by atoms with Gasteiger partial charge in [0.1, 0.15) is 19.3 Å². The predicted molar refractivity (Wildman–Crippen MR) is 309 cm³/mol. The maximum Gasteiger partial charge on any atom is 0.472 e. The van der Waals surface area contributed by atoms with Gasteiger partial charge in [0, 0.05) is 12.8 Å². The number of nitrogens with one attached hydrogen (secondary N) is 1. The minimum absolute atomic E-state index is 0.0426. The molecule has 3 atom stereocenters. The summed E-state index contributed by atoms with van der Waals surface area (Å²) in [7, 11) is 1.51. The van der Waals surface area contributed by atoms with Crippen LogP contribution in [0.2, 0.25) is 0 Å². The second kappa shape index (κ2) is 52.7. The van der Waals surface area contributed by atoms with Crippen LogP contribution in [0.15, 0.2) is 36.5 Å². The van der Waals surface area contributed by atoms with Crippen LogP contribution in [-0.4, -0.2) is 74.3 Å². The zero-order valence-corrected chi connectivity index (χ0v) is 49.3. The standard InChI is InChI=1S/C62H119N2O7P/c1-7-10-13-16-19-22-25-27-28-29-30-31-32-33-34-35-36-37-40-42-45-48-51-54-61(65)63-59(58-70-72(67,68)69-57-56-64(4,5)6)60(53-50-47-44-41-39-26-23-20-17-14-11-8-2)71-62(66)55-52-49-46-43-38-24-21-18-15-12-9-3/h19,22,27-28,50,53,59-60H,7-18,20-21,23-26,29-49,51-52,54-58H2,1-6H3,(H-,63,65,67,68)/p+1/b22-19-,28-27-,53-50-. The van der Waals surface area contributed by atoms with Crippen LogP contribution in [0.5, 0.6) is 0 Å². The number of esters is 1. The second-order valence-electron chi connectivity index (χ2n) is 22.2. The van der Waals surface area contributed by atoms with Gasteiger partial charge in [0.05, 0.1) is 33.8 Å². The molecular weight excluding hydrogens is 916 g/mol. The molecule has 0 radical (unpaired) electrons. The fourth-order valence-electron chi connectivity index (χ4n) is 9.03. The summed E-state index contributed by atoms with van der Waals surface area (Å²) in [5, 5.41) is 3.06. The maximum absolute atomic E-state index is 13.5. The molecule has 0 fully saturated rings. The van der Waals surface area contributed by atoms with Crippen molar-refractivity contribution in [2.24, 2.45) is 0 Å². The number of hydrogen-bond donors (Lipinski definition) is 2. The van der Waals surface area contributed by atoms with E-state index in [0.29, 0.717) is 23.9 Å². The van der Waals surface area contributed by atoms with Crippen LogP contribution in [0.1, 0.15) is 297 Å². The highest BCUT2D eigenvalue weighted by Crippen LogP contribution is 2.43. The van der Waals surface area contributed by atoms with Crippen molar-refractivity contribution in [3.63, 3.8) is 0 Å². The number of carbonyl (C=O) groups excluding carboxylic acids is 2. The lowest BCUT2D eigenvalue weighted by molar-refractivity contribution is -0.870. The first-order valence-corrected chi connectivity index (χ1v) is 32.3. The highest BCUT2D eigenvalue weighted by molar-refractivity contribution is 7.47. The number of phosphoric ester groups is 1. The first-order chi connectivity index (χ1) is 34.9. The topological polar surface area (TPSA) is 111 Å². The van der Waals surface area contributed by atoms with E-state index >= 15 is 0 Å². The van der Waals surface area contributed by atoms with E-state index in [9.17, 15) is 19.0 Å². The van der Waals surface area contributed by atoms with E-state index in [1.54, 1.807) is 0 Å². The van der Waals surface area contributed by atoms with Crippen LogP contribution < -0.4 is 5.32 Å². The summed E-state index contributed by atoms with van der Waals surface area (Å²) in [5.74, 6) is -0.495. The van der Waals surface area contributed by atoms with Gasteiger partial charge in [-0.25, -0.2) is 4.57 Å². The summed E-state index contributed by atoms with van der Waals surface area (Å²) in [6, 6.07) is -0.843. The molecule has 3 unspecified atom stereocenters. The van der Waals surface area contributed by atoms with Crippen LogP contribution in [0, 0.1) is 0 Å². The number of allylic oxidation sites excluding steroid dienone is 5. The molecule has 0 aromatic carbocycles. The molecule has 0 aromatic rings. The predicted octanol–water partition coefficient (Wildman–Crippen LogP) is 18.7. The van der Waals surface area contributed by atoms with Crippen molar-refractivity contribution < 1.29 is 37.3 Å². The number of phosphoric acid groups is 1. The lowest BCUT2D eigenvalue weighted by Gasteiger charge is -2.27. The van der Waals surface area contributed by atoms with E-state index in [4.69, 9.17) is 13.8 Å². The van der Waals surface area contributed by atoms with E-state index in [1.807, 2.05) is 33.3 Å². The number of carbonyl (C=O) groups is 2. The van der Waals surface area contributed by atoms with Gasteiger partial charge in [-0.3, -0.25) is 18.6 Å². The van der Waals surface area contributed by atoms with Gasteiger partial charge in [0.15, 0.2) is 0 Å². The summed E-state index contributed by atoms with van der Waals surface area (Å²) < 4.78 is 30.6. The van der Waals surface area contributed by atoms with E-state index in [0.717, 1.165) is 64.2 Å². The summed E-state index contributed by atoms with van der Waals surface area (Å²) in [4.78, 5) is 37.6. The molecule has 0 aliphatic rings. The Hall–Kier alpha value is -1.77. The molecule has 10 heteroatoms. The average molecular weight is 1040 g/mol. The Labute approximate surface area is 446 Å². The fraction of sp³-hybridized carbons (Fsp3) is 0.871. The normalized spacial score (nSPS) is 13.9. The number of rotatable bonds is 56. The van der Waals surface area contributed by atoms with Crippen molar-refractivity contribution in [1.29, 1.82) is 0 Å². The van der Waals surface area contributed by atoms with Crippen LogP contribution >= 0.6 is 7.82 Å². The number of hydrogen-bond acceptors (Lipinski definition) is 6. The minimum atomic E-state index is -4.44. The Morgan fingerprint density at radius 1 is 0.486 bits per heavy atom. The van der Waals surface area contributed by atoms with Crippen molar-refractivity contribution in [2.45, 2.75) is 309 Å². The van der Waals surface area contributed by atoms with E-state index in [-0.39, 0.29) is 25.1 Å². The van der Waals surface area contributed by atoms with Crippen molar-refractivity contribution in [2.75, 3.05) is 40.9 Å². The molecule has 2 N–H and O–H groups in total. The van der Waals surface area contributed by atoms with E-state index in [1.165, 1.54) is 199 Å². The summed E-state index contributed by atoms with van der Waals surface area (Å²) in [5.41, 5.74) is 0. The summed E-state index contributed by atoms with van der Waals surface area (Å²) in [6.45, 7) is 7.00. The van der Waals surface area contributed by atoms with Gasteiger partial charge in [0.25, 0.3) is 0 Å². The molecule has 0 aliphatic heterocycles. The Morgan fingerprint density at radius 3 is 1.28 bits per heavy atom.